The Kier molecular flexibility index (Phi) is 6.24. The van der Waals surface area contributed by atoms with Crippen LogP contribution in [0, 0.1) is 0 Å². The smallest absolute Gasteiger partial charge is 0.325 e. The van der Waals surface area contributed by atoms with Crippen LogP contribution < -0.4 is 9.47 Å². The van der Waals surface area contributed by atoms with Gasteiger partial charge >= 0.3 is 5.97 Å². The first-order chi connectivity index (χ1) is 11.1. The number of hydrogen-bond donors (Lipinski definition) is 1. The van der Waals surface area contributed by atoms with E-state index >= 15 is 0 Å². The topological polar surface area (TPSA) is 62.2 Å². The zero-order valence-corrected chi connectivity index (χ0v) is 14.1. The van der Waals surface area contributed by atoms with Crippen molar-refractivity contribution in [2.24, 2.45) is 0 Å². The van der Waals surface area contributed by atoms with Gasteiger partial charge in [-0.15, -0.1) is 0 Å². The van der Waals surface area contributed by atoms with E-state index in [0.717, 1.165) is 19.6 Å². The molecule has 1 heterocycles. The van der Waals surface area contributed by atoms with Crippen molar-refractivity contribution < 1.29 is 19.4 Å². The number of benzene rings is 1. The van der Waals surface area contributed by atoms with E-state index in [4.69, 9.17) is 9.47 Å². The lowest BCUT2D eigenvalue weighted by Gasteiger charge is -2.29. The summed E-state index contributed by atoms with van der Waals surface area (Å²) >= 11 is 0. The van der Waals surface area contributed by atoms with E-state index in [1.165, 1.54) is 12.8 Å². The summed E-state index contributed by atoms with van der Waals surface area (Å²) in [5.41, 5.74) is 0.564. The van der Waals surface area contributed by atoms with Gasteiger partial charge < -0.3 is 19.5 Å². The molecular formula is C17H26N2O4. The molecule has 1 aromatic rings. The van der Waals surface area contributed by atoms with Gasteiger partial charge in [0, 0.05) is 13.1 Å². The molecule has 0 spiro atoms. The average Bonchev–Trinajstić information content (AvgIpc) is 3.06. The molecule has 0 saturated carbocycles. The first kappa shape index (κ1) is 17.6. The third-order valence-electron chi connectivity index (χ3n) is 4.38. The molecule has 1 N–H and O–H groups in total. The summed E-state index contributed by atoms with van der Waals surface area (Å²) < 4.78 is 10.7. The molecule has 1 aliphatic rings. The second-order valence-electron chi connectivity index (χ2n) is 5.85. The predicted molar refractivity (Wildman–Crippen MR) is 88.2 cm³/mol. The van der Waals surface area contributed by atoms with Crippen LogP contribution in [-0.4, -0.2) is 68.3 Å². The van der Waals surface area contributed by atoms with Crippen molar-refractivity contribution in [3.63, 3.8) is 0 Å². The first-order valence-electron chi connectivity index (χ1n) is 7.94. The van der Waals surface area contributed by atoms with Crippen LogP contribution in [0.2, 0.25) is 0 Å². The number of carboxylic acid groups (broad SMARTS) is 1. The van der Waals surface area contributed by atoms with E-state index in [2.05, 4.69) is 4.90 Å². The predicted octanol–water partition coefficient (Wildman–Crippen LogP) is 1.86. The highest BCUT2D eigenvalue weighted by molar-refractivity contribution is 5.78. The lowest BCUT2D eigenvalue weighted by Crippen LogP contribution is -2.37. The molecule has 1 atom stereocenters. The Morgan fingerprint density at radius 1 is 1.26 bits per heavy atom. The molecule has 128 valence electrons. The fourth-order valence-electron chi connectivity index (χ4n) is 3.12. The minimum atomic E-state index is -0.906. The third-order valence-corrected chi connectivity index (χ3v) is 4.38. The zero-order valence-electron chi connectivity index (χ0n) is 14.1. The monoisotopic (exact) mass is 322 g/mol. The van der Waals surface area contributed by atoms with Gasteiger partial charge in [-0.25, -0.2) is 0 Å². The van der Waals surface area contributed by atoms with Gasteiger partial charge in [0.25, 0.3) is 0 Å². The number of methoxy groups -OCH3 is 2. The van der Waals surface area contributed by atoms with E-state index in [9.17, 15) is 9.90 Å². The van der Waals surface area contributed by atoms with Crippen molar-refractivity contribution in [2.45, 2.75) is 18.9 Å². The van der Waals surface area contributed by atoms with Crippen molar-refractivity contribution in [3.8, 4) is 11.5 Å². The summed E-state index contributed by atoms with van der Waals surface area (Å²) in [7, 11) is 4.92. The fraction of sp³-hybridized carbons (Fsp3) is 0.588. The van der Waals surface area contributed by atoms with Crippen molar-refractivity contribution in [1.29, 1.82) is 0 Å². The Balaban J connectivity index is 2.21. The Bertz CT molecular complexity index is 507. The molecule has 2 rings (SSSR count). The SMILES string of the molecule is COc1cccc(OC)c1[C@@H](C(=O)O)N(C)CCN1CCCC1. The van der Waals surface area contributed by atoms with Gasteiger partial charge in [-0.05, 0) is 45.1 Å². The Hall–Kier alpha value is -1.79. The Morgan fingerprint density at radius 3 is 2.30 bits per heavy atom. The van der Waals surface area contributed by atoms with E-state index in [-0.39, 0.29) is 0 Å². The number of likely N-dealkylation sites (N-methyl/N-ethyl adjacent to an activating group) is 1. The maximum absolute atomic E-state index is 11.9. The van der Waals surface area contributed by atoms with Gasteiger partial charge in [0.1, 0.15) is 17.5 Å². The minimum Gasteiger partial charge on any atom is -0.496 e. The summed E-state index contributed by atoms with van der Waals surface area (Å²) in [6.45, 7) is 3.75. The van der Waals surface area contributed by atoms with Crippen LogP contribution in [0.25, 0.3) is 0 Å². The molecule has 0 bridgehead atoms. The van der Waals surface area contributed by atoms with Gasteiger partial charge in [-0.3, -0.25) is 9.69 Å². The molecule has 23 heavy (non-hydrogen) atoms. The number of carbonyl (C=O) groups is 1. The number of rotatable bonds is 8. The van der Waals surface area contributed by atoms with E-state index in [0.29, 0.717) is 23.6 Å². The molecule has 1 saturated heterocycles. The summed E-state index contributed by atoms with van der Waals surface area (Å²) in [5, 5.41) is 9.76. The number of nitrogens with zero attached hydrogens (tertiary/aromatic N) is 2. The number of aliphatic carboxylic acids is 1. The molecule has 1 fully saturated rings. The minimum absolute atomic E-state index is 0.532. The molecule has 1 aromatic carbocycles. The number of ether oxygens (including phenoxy) is 2. The van der Waals surface area contributed by atoms with Gasteiger partial charge in [-0.2, -0.15) is 0 Å². The number of likely N-dealkylation sites (tertiary alicyclic amines) is 1. The number of carboxylic acids is 1. The van der Waals surface area contributed by atoms with E-state index in [1.54, 1.807) is 32.4 Å². The second-order valence-corrected chi connectivity index (χ2v) is 5.85. The Morgan fingerprint density at radius 2 is 1.83 bits per heavy atom. The van der Waals surface area contributed by atoms with Crippen molar-refractivity contribution >= 4 is 5.97 Å². The van der Waals surface area contributed by atoms with Crippen LogP contribution in [0.4, 0.5) is 0 Å². The highest BCUT2D eigenvalue weighted by atomic mass is 16.5. The summed E-state index contributed by atoms with van der Waals surface area (Å²) in [6, 6.07) is 4.53. The molecule has 6 nitrogen and oxygen atoms in total. The fourth-order valence-corrected chi connectivity index (χ4v) is 3.12. The van der Waals surface area contributed by atoms with Gasteiger partial charge in [0.2, 0.25) is 0 Å². The third kappa shape index (κ3) is 4.14. The normalized spacial score (nSPS) is 16.5. The molecule has 6 heteroatoms. The average molecular weight is 322 g/mol. The summed E-state index contributed by atoms with van der Waals surface area (Å²) in [6.07, 6.45) is 2.46. The highest BCUT2D eigenvalue weighted by Gasteiger charge is 2.31. The van der Waals surface area contributed by atoms with Crippen LogP contribution in [0.3, 0.4) is 0 Å². The van der Waals surface area contributed by atoms with Crippen LogP contribution in [0.5, 0.6) is 11.5 Å². The number of hydrogen-bond acceptors (Lipinski definition) is 5. The molecule has 0 aromatic heterocycles. The zero-order chi connectivity index (χ0) is 16.8. The molecule has 0 amide bonds. The van der Waals surface area contributed by atoms with Crippen LogP contribution in [0.15, 0.2) is 18.2 Å². The molecule has 1 aliphatic heterocycles. The van der Waals surface area contributed by atoms with Crippen LogP contribution in [-0.2, 0) is 4.79 Å². The maximum atomic E-state index is 11.9. The van der Waals surface area contributed by atoms with Crippen molar-refractivity contribution in [2.75, 3.05) is 47.4 Å². The summed E-state index contributed by atoms with van der Waals surface area (Å²) in [5.74, 6) is 0.159. The molecule has 0 aliphatic carbocycles. The molecule has 0 radical (unpaired) electrons. The largest absolute Gasteiger partial charge is 0.496 e. The van der Waals surface area contributed by atoms with Gasteiger partial charge in [0.15, 0.2) is 0 Å². The van der Waals surface area contributed by atoms with Gasteiger partial charge in [-0.1, -0.05) is 6.07 Å². The van der Waals surface area contributed by atoms with E-state index in [1.807, 2.05) is 11.9 Å². The summed E-state index contributed by atoms with van der Waals surface area (Å²) in [4.78, 5) is 16.1. The molecular weight excluding hydrogens is 296 g/mol. The highest BCUT2D eigenvalue weighted by Crippen LogP contribution is 2.36. The lowest BCUT2D eigenvalue weighted by atomic mass is 10.0. The molecule has 0 unspecified atom stereocenters. The van der Waals surface area contributed by atoms with Crippen LogP contribution in [0.1, 0.15) is 24.4 Å². The standard InChI is InChI=1S/C17H26N2O4/c1-18(11-12-19-9-4-5-10-19)16(17(20)21)15-13(22-2)7-6-8-14(15)23-3/h6-8,16H,4-5,9-12H2,1-3H3,(H,20,21)/t16-/m0/s1. The Labute approximate surface area is 137 Å². The first-order valence-corrected chi connectivity index (χ1v) is 7.94. The van der Waals surface area contributed by atoms with Crippen molar-refractivity contribution in [3.05, 3.63) is 23.8 Å². The van der Waals surface area contributed by atoms with Gasteiger partial charge in [0.05, 0.1) is 19.8 Å². The van der Waals surface area contributed by atoms with Crippen LogP contribution >= 0.6 is 0 Å². The van der Waals surface area contributed by atoms with E-state index < -0.39 is 12.0 Å². The second kappa shape index (κ2) is 8.17. The lowest BCUT2D eigenvalue weighted by molar-refractivity contribution is -0.143. The maximum Gasteiger partial charge on any atom is 0.325 e. The quantitative estimate of drug-likeness (QED) is 0.788. The van der Waals surface area contributed by atoms with Crippen molar-refractivity contribution in [1.82, 2.24) is 9.80 Å².